The molecule has 0 saturated carbocycles. The normalized spacial score (nSPS) is 21.3. The third-order valence-electron chi connectivity index (χ3n) is 2.86. The second-order valence-electron chi connectivity index (χ2n) is 3.93. The third kappa shape index (κ3) is 1.68. The first-order valence-corrected chi connectivity index (χ1v) is 6.00. The number of rotatable bonds is 1. The molecular weight excluding hydrogens is 254 g/mol. The Morgan fingerprint density at radius 1 is 1.47 bits per heavy atom. The van der Waals surface area contributed by atoms with Crippen LogP contribution in [0, 0.1) is 0 Å². The number of aromatic nitrogens is 2. The summed E-state index contributed by atoms with van der Waals surface area (Å²) < 4.78 is 3.03. The first-order chi connectivity index (χ1) is 7.33. The van der Waals surface area contributed by atoms with Crippen molar-refractivity contribution in [2.24, 2.45) is 0 Å². The maximum Gasteiger partial charge on any atom is 0.0804 e. The minimum atomic E-state index is 0.448. The molecule has 3 rings (SSSR count). The maximum atomic E-state index is 4.57. The molecular formula is C11H12BrN3. The van der Waals surface area contributed by atoms with E-state index in [-0.39, 0.29) is 0 Å². The molecule has 1 N–H and O–H groups in total. The zero-order chi connectivity index (χ0) is 10.3. The van der Waals surface area contributed by atoms with Crippen LogP contribution >= 0.6 is 15.9 Å². The van der Waals surface area contributed by atoms with Crippen LogP contribution in [0.15, 0.2) is 28.9 Å². The molecule has 0 amide bonds. The van der Waals surface area contributed by atoms with E-state index in [4.69, 9.17) is 0 Å². The number of nitrogens with one attached hydrogen (secondary N) is 1. The molecule has 3 nitrogen and oxygen atoms in total. The molecule has 78 valence electrons. The lowest BCUT2D eigenvalue weighted by Crippen LogP contribution is -2.13. The quantitative estimate of drug-likeness (QED) is 0.859. The highest BCUT2D eigenvalue weighted by molar-refractivity contribution is 9.10. The van der Waals surface area contributed by atoms with E-state index in [0.717, 1.165) is 22.2 Å². The first kappa shape index (κ1) is 9.36. The van der Waals surface area contributed by atoms with Gasteiger partial charge in [0.15, 0.2) is 0 Å². The zero-order valence-electron chi connectivity index (χ0n) is 8.28. The average Bonchev–Trinajstić information content (AvgIpc) is 2.84. The van der Waals surface area contributed by atoms with Gasteiger partial charge in [-0.05, 0) is 37.6 Å². The van der Waals surface area contributed by atoms with Gasteiger partial charge in [-0.15, -0.1) is 0 Å². The standard InChI is InChI=1S/C11H12BrN3/c12-8-3-5-15-9(6-8)7-11(14-15)10-2-1-4-13-10/h3,5-7,10,13H,1-2,4H2. The summed E-state index contributed by atoms with van der Waals surface area (Å²) in [5, 5.41) is 8.03. The molecule has 0 spiro atoms. The predicted octanol–water partition coefficient (Wildman–Crippen LogP) is 2.52. The highest BCUT2D eigenvalue weighted by Crippen LogP contribution is 2.23. The SMILES string of the molecule is Brc1ccn2nc(C3CCCN3)cc2c1. The van der Waals surface area contributed by atoms with Crippen LogP contribution in [0.3, 0.4) is 0 Å². The van der Waals surface area contributed by atoms with Crippen molar-refractivity contribution < 1.29 is 0 Å². The van der Waals surface area contributed by atoms with E-state index in [1.807, 2.05) is 16.8 Å². The Labute approximate surface area is 96.6 Å². The van der Waals surface area contributed by atoms with Gasteiger partial charge in [-0.1, -0.05) is 15.9 Å². The minimum Gasteiger partial charge on any atom is -0.309 e. The van der Waals surface area contributed by atoms with Gasteiger partial charge < -0.3 is 5.32 Å². The van der Waals surface area contributed by atoms with E-state index in [9.17, 15) is 0 Å². The second kappa shape index (κ2) is 3.61. The molecule has 1 fully saturated rings. The zero-order valence-corrected chi connectivity index (χ0v) is 9.87. The number of fused-ring (bicyclic) bond motifs is 1. The van der Waals surface area contributed by atoms with Gasteiger partial charge in [-0.25, -0.2) is 4.52 Å². The Balaban J connectivity index is 2.05. The summed E-state index contributed by atoms with van der Waals surface area (Å²) in [5.74, 6) is 0. The summed E-state index contributed by atoms with van der Waals surface area (Å²) in [4.78, 5) is 0. The molecule has 0 aromatic carbocycles. The summed E-state index contributed by atoms with van der Waals surface area (Å²) >= 11 is 3.47. The fourth-order valence-electron chi connectivity index (χ4n) is 2.09. The molecule has 1 unspecified atom stereocenters. The van der Waals surface area contributed by atoms with Gasteiger partial charge >= 0.3 is 0 Å². The molecule has 0 radical (unpaired) electrons. The molecule has 0 aliphatic carbocycles. The van der Waals surface area contributed by atoms with Crippen molar-refractivity contribution in [2.75, 3.05) is 6.54 Å². The third-order valence-corrected chi connectivity index (χ3v) is 3.35. The van der Waals surface area contributed by atoms with Crippen LogP contribution in [-0.2, 0) is 0 Å². The summed E-state index contributed by atoms with van der Waals surface area (Å²) in [6.07, 6.45) is 4.44. The van der Waals surface area contributed by atoms with E-state index < -0.39 is 0 Å². The Hall–Kier alpha value is -0.870. The molecule has 15 heavy (non-hydrogen) atoms. The minimum absolute atomic E-state index is 0.448. The predicted molar refractivity (Wildman–Crippen MR) is 62.9 cm³/mol. The van der Waals surface area contributed by atoms with Crippen molar-refractivity contribution in [1.82, 2.24) is 14.9 Å². The van der Waals surface area contributed by atoms with E-state index in [1.165, 1.54) is 12.8 Å². The molecule has 4 heteroatoms. The number of nitrogens with zero attached hydrogens (tertiary/aromatic N) is 2. The number of pyridine rings is 1. The number of halogens is 1. The van der Waals surface area contributed by atoms with Gasteiger partial charge in [0.05, 0.1) is 17.3 Å². The van der Waals surface area contributed by atoms with Crippen molar-refractivity contribution >= 4 is 21.4 Å². The molecule has 2 aromatic heterocycles. The van der Waals surface area contributed by atoms with Crippen molar-refractivity contribution in [3.63, 3.8) is 0 Å². The van der Waals surface area contributed by atoms with Gasteiger partial charge in [-0.2, -0.15) is 5.10 Å². The molecule has 2 aromatic rings. The lowest BCUT2D eigenvalue weighted by molar-refractivity contribution is 0.620. The highest BCUT2D eigenvalue weighted by Gasteiger charge is 2.18. The first-order valence-electron chi connectivity index (χ1n) is 5.21. The largest absolute Gasteiger partial charge is 0.309 e. The Morgan fingerprint density at radius 3 is 3.20 bits per heavy atom. The monoisotopic (exact) mass is 265 g/mol. The van der Waals surface area contributed by atoms with Crippen molar-refractivity contribution in [3.05, 3.63) is 34.6 Å². The number of hydrogen-bond donors (Lipinski definition) is 1. The molecule has 3 heterocycles. The Kier molecular flexibility index (Phi) is 2.25. The molecule has 1 aliphatic heterocycles. The van der Waals surface area contributed by atoms with Crippen LogP contribution in [0.1, 0.15) is 24.6 Å². The summed E-state index contributed by atoms with van der Waals surface area (Å²) in [6, 6.07) is 6.70. The van der Waals surface area contributed by atoms with E-state index in [1.54, 1.807) is 0 Å². The summed E-state index contributed by atoms with van der Waals surface area (Å²) in [7, 11) is 0. The van der Waals surface area contributed by atoms with Gasteiger partial charge in [0, 0.05) is 10.7 Å². The van der Waals surface area contributed by atoms with Crippen LogP contribution in [0.4, 0.5) is 0 Å². The summed E-state index contributed by atoms with van der Waals surface area (Å²) in [6.45, 7) is 1.11. The molecule has 0 bridgehead atoms. The van der Waals surface area contributed by atoms with Crippen molar-refractivity contribution in [2.45, 2.75) is 18.9 Å². The summed E-state index contributed by atoms with van der Waals surface area (Å²) in [5.41, 5.74) is 2.30. The fourth-order valence-corrected chi connectivity index (χ4v) is 2.45. The lowest BCUT2D eigenvalue weighted by atomic mass is 10.1. The van der Waals surface area contributed by atoms with Crippen LogP contribution in [0.25, 0.3) is 5.52 Å². The van der Waals surface area contributed by atoms with Gasteiger partial charge in [0.2, 0.25) is 0 Å². The van der Waals surface area contributed by atoms with Crippen LogP contribution in [0.2, 0.25) is 0 Å². The van der Waals surface area contributed by atoms with Gasteiger partial charge in [0.1, 0.15) is 0 Å². The van der Waals surface area contributed by atoms with Crippen LogP contribution < -0.4 is 5.32 Å². The maximum absolute atomic E-state index is 4.57. The van der Waals surface area contributed by atoms with Crippen LogP contribution in [-0.4, -0.2) is 16.2 Å². The average molecular weight is 266 g/mol. The van der Waals surface area contributed by atoms with Crippen molar-refractivity contribution in [3.8, 4) is 0 Å². The number of hydrogen-bond acceptors (Lipinski definition) is 2. The fraction of sp³-hybridized carbons (Fsp3) is 0.364. The topological polar surface area (TPSA) is 29.3 Å². The highest BCUT2D eigenvalue weighted by atomic mass is 79.9. The lowest BCUT2D eigenvalue weighted by Gasteiger charge is -2.03. The van der Waals surface area contributed by atoms with Crippen molar-refractivity contribution in [1.29, 1.82) is 0 Å². The Bertz CT molecular complexity index is 486. The molecule has 1 saturated heterocycles. The second-order valence-corrected chi connectivity index (χ2v) is 4.85. The Morgan fingerprint density at radius 2 is 2.40 bits per heavy atom. The van der Waals surface area contributed by atoms with Crippen LogP contribution in [0.5, 0.6) is 0 Å². The van der Waals surface area contributed by atoms with Gasteiger partial charge in [0.25, 0.3) is 0 Å². The van der Waals surface area contributed by atoms with E-state index >= 15 is 0 Å². The smallest absolute Gasteiger partial charge is 0.0804 e. The van der Waals surface area contributed by atoms with E-state index in [0.29, 0.717) is 6.04 Å². The molecule has 1 aliphatic rings. The van der Waals surface area contributed by atoms with Gasteiger partial charge in [-0.3, -0.25) is 0 Å². The van der Waals surface area contributed by atoms with E-state index in [2.05, 4.69) is 38.5 Å². The molecule has 1 atom stereocenters.